The zero-order valence-electron chi connectivity index (χ0n) is 12.4. The molecule has 0 spiro atoms. The summed E-state index contributed by atoms with van der Waals surface area (Å²) in [4.78, 5) is 21.7. The Kier molecular flexibility index (Phi) is 3.84. The highest BCUT2D eigenvalue weighted by Gasteiger charge is 2.17. The minimum absolute atomic E-state index is 0.00297. The van der Waals surface area contributed by atoms with Gasteiger partial charge in [0.05, 0.1) is 18.1 Å². The standard InChI is InChI=1S/C16H14N2O5/c1-22-15-9-11(18(20)21)3-6-14(15)23-12-4-5-13-10(8-12)2-7-16(19)17-13/h3-6,8-9H,2,7H2,1H3,(H,17,19). The normalized spacial score (nSPS) is 13.0. The lowest BCUT2D eigenvalue weighted by Crippen LogP contribution is -2.18. The van der Waals surface area contributed by atoms with Gasteiger partial charge in [0.25, 0.3) is 5.69 Å². The first-order chi connectivity index (χ1) is 11.1. The summed E-state index contributed by atoms with van der Waals surface area (Å²) in [6, 6.07) is 9.52. The quantitative estimate of drug-likeness (QED) is 0.691. The van der Waals surface area contributed by atoms with Crippen LogP contribution in [0.5, 0.6) is 17.2 Å². The average molecular weight is 314 g/mol. The molecule has 7 heteroatoms. The molecule has 3 rings (SSSR count). The number of carbonyl (C=O) groups excluding carboxylic acids is 1. The SMILES string of the molecule is COc1cc([N+](=O)[O-])ccc1Oc1ccc2c(c1)CCC(=O)N2. The van der Waals surface area contributed by atoms with Gasteiger partial charge in [-0.3, -0.25) is 14.9 Å². The van der Waals surface area contributed by atoms with E-state index in [4.69, 9.17) is 9.47 Å². The third-order valence-corrected chi connectivity index (χ3v) is 3.56. The summed E-state index contributed by atoms with van der Waals surface area (Å²) in [5.74, 6) is 1.25. The third-order valence-electron chi connectivity index (χ3n) is 3.56. The monoisotopic (exact) mass is 314 g/mol. The van der Waals surface area contributed by atoms with Gasteiger partial charge in [0, 0.05) is 18.2 Å². The lowest BCUT2D eigenvalue weighted by Gasteiger charge is -2.18. The van der Waals surface area contributed by atoms with Crippen LogP contribution in [-0.4, -0.2) is 17.9 Å². The number of ether oxygens (including phenoxy) is 2. The van der Waals surface area contributed by atoms with Crippen LogP contribution in [0.25, 0.3) is 0 Å². The molecule has 7 nitrogen and oxygen atoms in total. The molecule has 0 aromatic heterocycles. The summed E-state index contributed by atoms with van der Waals surface area (Å²) >= 11 is 0. The molecule has 0 saturated carbocycles. The molecule has 1 aliphatic heterocycles. The maximum absolute atomic E-state index is 11.4. The van der Waals surface area contributed by atoms with Crippen molar-refractivity contribution in [3.8, 4) is 17.2 Å². The minimum atomic E-state index is -0.492. The molecule has 118 valence electrons. The summed E-state index contributed by atoms with van der Waals surface area (Å²) in [7, 11) is 1.42. The smallest absolute Gasteiger partial charge is 0.273 e. The molecule has 1 amide bonds. The second-order valence-corrected chi connectivity index (χ2v) is 5.06. The van der Waals surface area contributed by atoms with E-state index >= 15 is 0 Å². The molecule has 0 bridgehead atoms. The molecule has 0 atom stereocenters. The number of nitro groups is 1. The molecule has 1 heterocycles. The molecule has 0 aliphatic carbocycles. The Hall–Kier alpha value is -3.09. The van der Waals surface area contributed by atoms with Crippen molar-refractivity contribution >= 4 is 17.3 Å². The van der Waals surface area contributed by atoms with E-state index in [-0.39, 0.29) is 17.3 Å². The second kappa shape index (κ2) is 5.96. The molecular weight excluding hydrogens is 300 g/mol. The van der Waals surface area contributed by atoms with Gasteiger partial charge in [-0.05, 0) is 36.2 Å². The van der Waals surface area contributed by atoms with Gasteiger partial charge in [0.15, 0.2) is 11.5 Å². The maximum atomic E-state index is 11.4. The highest BCUT2D eigenvalue weighted by molar-refractivity contribution is 5.94. The Balaban J connectivity index is 1.87. The van der Waals surface area contributed by atoms with Crippen LogP contribution in [-0.2, 0) is 11.2 Å². The second-order valence-electron chi connectivity index (χ2n) is 5.06. The number of benzene rings is 2. The van der Waals surface area contributed by atoms with Crippen LogP contribution in [0, 0.1) is 10.1 Å². The summed E-state index contributed by atoms with van der Waals surface area (Å²) in [5, 5.41) is 13.6. The number of hydrogen-bond donors (Lipinski definition) is 1. The Labute approximate surface area is 132 Å². The number of hydrogen-bond acceptors (Lipinski definition) is 5. The van der Waals surface area contributed by atoms with Gasteiger partial charge >= 0.3 is 0 Å². The summed E-state index contributed by atoms with van der Waals surface area (Å²) < 4.78 is 10.9. The fourth-order valence-corrected chi connectivity index (χ4v) is 2.40. The number of rotatable bonds is 4. The van der Waals surface area contributed by atoms with Crippen LogP contribution in [0.15, 0.2) is 36.4 Å². The number of aryl methyl sites for hydroxylation is 1. The first-order valence-corrected chi connectivity index (χ1v) is 7.00. The number of methoxy groups -OCH3 is 1. The van der Waals surface area contributed by atoms with Crippen LogP contribution < -0.4 is 14.8 Å². The number of fused-ring (bicyclic) bond motifs is 1. The number of nitrogens with zero attached hydrogens (tertiary/aromatic N) is 1. The Bertz CT molecular complexity index is 788. The van der Waals surface area contributed by atoms with Gasteiger partial charge in [-0.2, -0.15) is 0 Å². The molecule has 0 saturated heterocycles. The predicted molar refractivity (Wildman–Crippen MR) is 83.1 cm³/mol. The Morgan fingerprint density at radius 1 is 1.13 bits per heavy atom. The highest BCUT2D eigenvalue weighted by atomic mass is 16.6. The largest absolute Gasteiger partial charge is 0.493 e. The lowest BCUT2D eigenvalue weighted by atomic mass is 10.0. The minimum Gasteiger partial charge on any atom is -0.493 e. The van der Waals surface area contributed by atoms with E-state index in [0.29, 0.717) is 24.3 Å². The van der Waals surface area contributed by atoms with E-state index in [1.165, 1.54) is 25.3 Å². The van der Waals surface area contributed by atoms with Crippen molar-refractivity contribution in [2.75, 3.05) is 12.4 Å². The molecule has 23 heavy (non-hydrogen) atoms. The number of anilines is 1. The van der Waals surface area contributed by atoms with E-state index in [2.05, 4.69) is 5.32 Å². The lowest BCUT2D eigenvalue weighted by molar-refractivity contribution is -0.384. The van der Waals surface area contributed by atoms with E-state index in [0.717, 1.165) is 11.3 Å². The van der Waals surface area contributed by atoms with Crippen LogP contribution in [0.2, 0.25) is 0 Å². The van der Waals surface area contributed by atoms with Gasteiger partial charge in [0.2, 0.25) is 5.91 Å². The molecule has 1 N–H and O–H groups in total. The Morgan fingerprint density at radius 3 is 2.70 bits per heavy atom. The van der Waals surface area contributed by atoms with Crippen molar-refractivity contribution in [2.45, 2.75) is 12.8 Å². The van der Waals surface area contributed by atoms with Crippen LogP contribution in [0.4, 0.5) is 11.4 Å². The molecule has 1 aliphatic rings. The Morgan fingerprint density at radius 2 is 1.96 bits per heavy atom. The van der Waals surface area contributed by atoms with E-state index in [1.807, 2.05) is 6.07 Å². The first-order valence-electron chi connectivity index (χ1n) is 7.00. The third kappa shape index (κ3) is 3.08. The molecule has 2 aromatic carbocycles. The molecule has 2 aromatic rings. The van der Waals surface area contributed by atoms with E-state index in [9.17, 15) is 14.9 Å². The number of non-ortho nitro benzene ring substituents is 1. The van der Waals surface area contributed by atoms with Crippen molar-refractivity contribution in [1.82, 2.24) is 0 Å². The van der Waals surface area contributed by atoms with Gasteiger partial charge in [-0.1, -0.05) is 0 Å². The number of carbonyl (C=O) groups is 1. The van der Waals surface area contributed by atoms with Crippen molar-refractivity contribution in [3.63, 3.8) is 0 Å². The van der Waals surface area contributed by atoms with Crippen LogP contribution in [0.3, 0.4) is 0 Å². The summed E-state index contributed by atoms with van der Waals surface area (Å²) in [6.45, 7) is 0. The van der Waals surface area contributed by atoms with Gasteiger partial charge < -0.3 is 14.8 Å². The van der Waals surface area contributed by atoms with Crippen molar-refractivity contribution < 1.29 is 19.2 Å². The fraction of sp³-hybridized carbons (Fsp3) is 0.188. The van der Waals surface area contributed by atoms with Crippen molar-refractivity contribution in [2.24, 2.45) is 0 Å². The van der Waals surface area contributed by atoms with E-state index < -0.39 is 4.92 Å². The molecular formula is C16H14N2O5. The fourth-order valence-electron chi connectivity index (χ4n) is 2.40. The number of nitro benzene ring substituents is 1. The molecule has 0 radical (unpaired) electrons. The average Bonchev–Trinajstić information content (AvgIpc) is 2.55. The maximum Gasteiger partial charge on any atom is 0.273 e. The molecule has 0 fully saturated rings. The summed E-state index contributed by atoms with van der Waals surface area (Å²) in [5.41, 5.74) is 1.70. The zero-order chi connectivity index (χ0) is 16.4. The van der Waals surface area contributed by atoms with Gasteiger partial charge in [-0.25, -0.2) is 0 Å². The predicted octanol–water partition coefficient (Wildman–Crippen LogP) is 3.28. The van der Waals surface area contributed by atoms with Crippen molar-refractivity contribution in [3.05, 3.63) is 52.1 Å². The highest BCUT2D eigenvalue weighted by Crippen LogP contribution is 2.36. The summed E-state index contributed by atoms with van der Waals surface area (Å²) in [6.07, 6.45) is 1.09. The zero-order valence-corrected chi connectivity index (χ0v) is 12.4. The van der Waals surface area contributed by atoms with Crippen LogP contribution in [0.1, 0.15) is 12.0 Å². The van der Waals surface area contributed by atoms with Crippen molar-refractivity contribution in [1.29, 1.82) is 0 Å². The number of nitrogens with one attached hydrogen (secondary N) is 1. The topological polar surface area (TPSA) is 90.7 Å². The van der Waals surface area contributed by atoms with Gasteiger partial charge in [0.1, 0.15) is 5.75 Å². The molecule has 0 unspecified atom stereocenters. The number of amides is 1. The van der Waals surface area contributed by atoms with Gasteiger partial charge in [-0.15, -0.1) is 0 Å². The first kappa shape index (κ1) is 14.8. The van der Waals surface area contributed by atoms with Crippen LogP contribution >= 0.6 is 0 Å². The van der Waals surface area contributed by atoms with E-state index in [1.54, 1.807) is 12.1 Å².